The summed E-state index contributed by atoms with van der Waals surface area (Å²) in [7, 11) is 2.03. The molecule has 0 aliphatic carbocycles. The highest BCUT2D eigenvalue weighted by Crippen LogP contribution is 2.25. The van der Waals surface area contributed by atoms with E-state index in [1.807, 2.05) is 24.1 Å². The molecule has 6 nitrogen and oxygen atoms in total. The van der Waals surface area contributed by atoms with Gasteiger partial charge in [-0.2, -0.15) is 0 Å². The molecule has 33 heavy (non-hydrogen) atoms. The number of likely N-dealkylation sites (N-methyl/N-ethyl adjacent to an activating group) is 1. The SMILES string of the molecule is Cc1c(C)n(C[C@H](O)CN(C)Cc2ccc(OCCN3CCCC3=O)cc2)c2ccccc12. The Balaban J connectivity index is 1.26. The van der Waals surface area contributed by atoms with Gasteiger partial charge in [0.25, 0.3) is 0 Å². The Morgan fingerprint density at radius 3 is 2.61 bits per heavy atom. The van der Waals surface area contributed by atoms with Crippen molar-refractivity contribution in [2.24, 2.45) is 0 Å². The average Bonchev–Trinajstić information content (AvgIpc) is 3.31. The molecule has 2 heterocycles. The third-order valence-electron chi connectivity index (χ3n) is 6.64. The number of fused-ring (bicyclic) bond motifs is 1. The summed E-state index contributed by atoms with van der Waals surface area (Å²) >= 11 is 0. The van der Waals surface area contributed by atoms with Crippen LogP contribution in [0.2, 0.25) is 0 Å². The first-order valence-corrected chi connectivity index (χ1v) is 11.8. The molecular formula is C27H35N3O3. The number of hydrogen-bond acceptors (Lipinski definition) is 4. The van der Waals surface area contributed by atoms with Crippen LogP contribution in [-0.4, -0.2) is 64.8 Å². The van der Waals surface area contributed by atoms with Crippen LogP contribution in [-0.2, 0) is 17.9 Å². The number of likely N-dealkylation sites (tertiary alicyclic amines) is 1. The number of carbonyl (C=O) groups excluding carboxylic acids is 1. The maximum Gasteiger partial charge on any atom is 0.222 e. The van der Waals surface area contributed by atoms with Crippen molar-refractivity contribution in [3.05, 3.63) is 65.4 Å². The zero-order valence-corrected chi connectivity index (χ0v) is 20.0. The third kappa shape index (κ3) is 5.57. The number of aliphatic hydroxyl groups excluding tert-OH is 1. The summed E-state index contributed by atoms with van der Waals surface area (Å²) in [5.74, 6) is 1.05. The van der Waals surface area contributed by atoms with Crippen LogP contribution in [0.1, 0.15) is 29.7 Å². The van der Waals surface area contributed by atoms with Crippen LogP contribution in [0.4, 0.5) is 0 Å². The van der Waals surface area contributed by atoms with E-state index in [-0.39, 0.29) is 5.91 Å². The van der Waals surface area contributed by atoms with E-state index < -0.39 is 6.10 Å². The predicted octanol–water partition coefficient (Wildman–Crippen LogP) is 3.75. The number of nitrogens with zero attached hydrogens (tertiary/aromatic N) is 3. The second kappa shape index (κ2) is 10.4. The number of aliphatic hydroxyl groups is 1. The van der Waals surface area contributed by atoms with Crippen LogP contribution >= 0.6 is 0 Å². The van der Waals surface area contributed by atoms with Crippen LogP contribution in [0.15, 0.2) is 48.5 Å². The Hall–Kier alpha value is -2.83. The molecule has 2 aromatic carbocycles. The molecule has 1 saturated heterocycles. The minimum atomic E-state index is -0.459. The largest absolute Gasteiger partial charge is 0.492 e. The lowest BCUT2D eigenvalue weighted by atomic mass is 10.2. The summed E-state index contributed by atoms with van der Waals surface area (Å²) < 4.78 is 8.03. The summed E-state index contributed by atoms with van der Waals surface area (Å²) in [4.78, 5) is 15.7. The molecule has 0 spiro atoms. The summed E-state index contributed by atoms with van der Waals surface area (Å²) in [6, 6.07) is 16.5. The number of hydrogen-bond donors (Lipinski definition) is 1. The van der Waals surface area contributed by atoms with Crippen molar-refractivity contribution in [3.63, 3.8) is 0 Å². The summed E-state index contributed by atoms with van der Waals surface area (Å²) in [5, 5.41) is 12.0. The van der Waals surface area contributed by atoms with E-state index >= 15 is 0 Å². The number of ether oxygens (including phenoxy) is 1. The Morgan fingerprint density at radius 1 is 1.12 bits per heavy atom. The van der Waals surface area contributed by atoms with Crippen molar-refractivity contribution in [2.45, 2.75) is 45.9 Å². The Labute approximate surface area is 196 Å². The quantitative estimate of drug-likeness (QED) is 0.512. The monoisotopic (exact) mass is 449 g/mol. The molecule has 1 aliphatic rings. The van der Waals surface area contributed by atoms with Gasteiger partial charge in [-0.1, -0.05) is 30.3 Å². The molecule has 1 aliphatic heterocycles. The van der Waals surface area contributed by atoms with Gasteiger partial charge in [0.15, 0.2) is 0 Å². The predicted molar refractivity (Wildman–Crippen MR) is 132 cm³/mol. The molecule has 6 heteroatoms. The van der Waals surface area contributed by atoms with Gasteiger partial charge in [0.2, 0.25) is 5.91 Å². The van der Waals surface area contributed by atoms with Crippen LogP contribution in [0.25, 0.3) is 10.9 Å². The van der Waals surface area contributed by atoms with Crippen molar-refractivity contribution < 1.29 is 14.6 Å². The van der Waals surface area contributed by atoms with E-state index in [2.05, 4.69) is 59.7 Å². The molecule has 1 amide bonds. The van der Waals surface area contributed by atoms with E-state index in [0.717, 1.165) is 25.3 Å². The summed E-state index contributed by atoms with van der Waals surface area (Å²) in [6.07, 6.45) is 1.16. The maximum absolute atomic E-state index is 11.7. The zero-order valence-electron chi connectivity index (χ0n) is 20.0. The molecule has 176 valence electrons. The van der Waals surface area contributed by atoms with E-state index in [9.17, 15) is 9.90 Å². The van der Waals surface area contributed by atoms with Crippen LogP contribution in [0.5, 0.6) is 5.75 Å². The molecule has 0 unspecified atom stereocenters. The molecule has 0 radical (unpaired) electrons. The fourth-order valence-corrected chi connectivity index (χ4v) is 4.75. The van der Waals surface area contributed by atoms with Gasteiger partial charge < -0.3 is 19.3 Å². The van der Waals surface area contributed by atoms with Gasteiger partial charge in [0.05, 0.1) is 19.2 Å². The third-order valence-corrected chi connectivity index (χ3v) is 6.64. The highest BCUT2D eigenvalue weighted by Gasteiger charge is 2.19. The van der Waals surface area contributed by atoms with Crippen molar-refractivity contribution in [1.29, 1.82) is 0 Å². The van der Waals surface area contributed by atoms with Gasteiger partial charge in [-0.3, -0.25) is 9.69 Å². The number of rotatable bonds is 10. The second-order valence-corrected chi connectivity index (χ2v) is 9.17. The molecule has 0 bridgehead atoms. The first-order valence-electron chi connectivity index (χ1n) is 11.8. The van der Waals surface area contributed by atoms with E-state index in [1.54, 1.807) is 0 Å². The van der Waals surface area contributed by atoms with Gasteiger partial charge >= 0.3 is 0 Å². The Bertz CT molecular complexity index is 1090. The molecule has 1 aromatic heterocycles. The van der Waals surface area contributed by atoms with Crippen LogP contribution in [0, 0.1) is 13.8 Å². The number of para-hydroxylation sites is 1. The zero-order chi connectivity index (χ0) is 23.4. The first-order chi connectivity index (χ1) is 15.9. The molecular weight excluding hydrogens is 414 g/mol. The van der Waals surface area contributed by atoms with Crippen molar-refractivity contribution in [3.8, 4) is 5.75 Å². The fraction of sp³-hybridized carbons (Fsp3) is 0.444. The van der Waals surface area contributed by atoms with Crippen molar-refractivity contribution in [2.75, 3.05) is 33.3 Å². The molecule has 1 N–H and O–H groups in total. The van der Waals surface area contributed by atoms with Crippen LogP contribution < -0.4 is 4.74 Å². The van der Waals surface area contributed by atoms with Gasteiger partial charge in [-0.15, -0.1) is 0 Å². The lowest BCUT2D eigenvalue weighted by Gasteiger charge is -2.22. The van der Waals surface area contributed by atoms with Gasteiger partial charge in [-0.25, -0.2) is 0 Å². The molecule has 1 atom stereocenters. The Kier molecular flexibility index (Phi) is 7.36. The topological polar surface area (TPSA) is 57.9 Å². The number of carbonyl (C=O) groups is 1. The standard InChI is InChI=1S/C27H35N3O3/c1-20-21(2)30(26-8-5-4-7-25(20)26)19-23(31)18-28(3)17-22-10-12-24(13-11-22)33-16-15-29-14-6-9-27(29)32/h4-5,7-8,10-13,23,31H,6,9,14-19H2,1-3H3/t23-/m1/s1. The maximum atomic E-state index is 11.7. The van der Waals surface area contributed by atoms with E-state index in [4.69, 9.17) is 4.74 Å². The van der Waals surface area contributed by atoms with Gasteiger partial charge in [0.1, 0.15) is 12.4 Å². The minimum absolute atomic E-state index is 0.231. The van der Waals surface area contributed by atoms with Crippen LogP contribution in [0.3, 0.4) is 0 Å². The Morgan fingerprint density at radius 2 is 1.88 bits per heavy atom. The van der Waals surface area contributed by atoms with Gasteiger partial charge in [0, 0.05) is 42.7 Å². The average molecular weight is 450 g/mol. The summed E-state index contributed by atoms with van der Waals surface area (Å²) in [6.45, 7) is 8.21. The first kappa shape index (κ1) is 23.3. The summed E-state index contributed by atoms with van der Waals surface area (Å²) in [5.41, 5.74) is 4.84. The smallest absolute Gasteiger partial charge is 0.222 e. The molecule has 0 saturated carbocycles. The number of aromatic nitrogens is 1. The normalized spacial score (nSPS) is 15.1. The van der Waals surface area contributed by atoms with E-state index in [1.165, 1.54) is 27.7 Å². The number of aryl methyl sites for hydroxylation is 1. The highest BCUT2D eigenvalue weighted by atomic mass is 16.5. The second-order valence-electron chi connectivity index (χ2n) is 9.17. The van der Waals surface area contributed by atoms with Crippen molar-refractivity contribution >= 4 is 16.8 Å². The molecule has 1 fully saturated rings. The molecule has 3 aromatic rings. The van der Waals surface area contributed by atoms with Crippen molar-refractivity contribution in [1.82, 2.24) is 14.4 Å². The lowest BCUT2D eigenvalue weighted by molar-refractivity contribution is -0.128. The lowest BCUT2D eigenvalue weighted by Crippen LogP contribution is -2.32. The van der Waals surface area contributed by atoms with E-state index in [0.29, 0.717) is 32.7 Å². The van der Waals surface area contributed by atoms with Gasteiger partial charge in [-0.05, 0) is 56.6 Å². The fourth-order valence-electron chi connectivity index (χ4n) is 4.75. The molecule has 4 rings (SSSR count). The minimum Gasteiger partial charge on any atom is -0.492 e. The number of amides is 1. The highest BCUT2D eigenvalue weighted by molar-refractivity contribution is 5.85. The number of benzene rings is 2.